The Morgan fingerprint density at radius 2 is 1.80 bits per heavy atom. The predicted molar refractivity (Wildman–Crippen MR) is 42.8 cm³/mol. The molecule has 10 heavy (non-hydrogen) atoms. The highest BCUT2D eigenvalue weighted by Crippen LogP contribution is 2.16. The third-order valence-corrected chi connectivity index (χ3v) is 1.66. The van der Waals surface area contributed by atoms with Gasteiger partial charge in [0.1, 0.15) is 0 Å². The van der Waals surface area contributed by atoms with E-state index in [1.807, 2.05) is 13.8 Å². The van der Waals surface area contributed by atoms with E-state index in [1.165, 1.54) is 25.7 Å². The highest BCUT2D eigenvalue weighted by molar-refractivity contribution is 5.46. The van der Waals surface area contributed by atoms with Crippen molar-refractivity contribution in [3.63, 3.8) is 0 Å². The zero-order valence-electron chi connectivity index (χ0n) is 6.89. The van der Waals surface area contributed by atoms with Gasteiger partial charge in [-0.05, 0) is 12.8 Å². The Hall–Kier alpha value is -0.530. The third kappa shape index (κ3) is 3.49. The van der Waals surface area contributed by atoms with Crippen LogP contribution in [0.2, 0.25) is 0 Å². The molecule has 1 saturated carbocycles. The minimum absolute atomic E-state index is 0.493. The molecular formula is C8H17NO. The molecule has 0 radical (unpaired) electrons. The van der Waals surface area contributed by atoms with Gasteiger partial charge in [0.25, 0.3) is 0 Å². The lowest BCUT2D eigenvalue weighted by molar-refractivity contribution is -0.110. The van der Waals surface area contributed by atoms with Gasteiger partial charge in [0, 0.05) is 6.04 Å². The van der Waals surface area contributed by atoms with Crippen LogP contribution in [0, 0.1) is 0 Å². The number of carbonyl (C=O) groups excluding carboxylic acids is 1. The van der Waals surface area contributed by atoms with Gasteiger partial charge in [0.2, 0.25) is 6.41 Å². The minimum Gasteiger partial charge on any atom is -0.356 e. The number of amides is 1. The molecule has 0 aromatic rings. The van der Waals surface area contributed by atoms with Crippen molar-refractivity contribution < 1.29 is 4.79 Å². The third-order valence-electron chi connectivity index (χ3n) is 1.66. The quantitative estimate of drug-likeness (QED) is 0.586. The first kappa shape index (κ1) is 9.47. The second-order valence-electron chi connectivity index (χ2n) is 2.27. The fourth-order valence-corrected chi connectivity index (χ4v) is 1.19. The van der Waals surface area contributed by atoms with Crippen molar-refractivity contribution in [2.75, 3.05) is 0 Å². The molecule has 1 aliphatic carbocycles. The largest absolute Gasteiger partial charge is 0.356 e. The second-order valence-corrected chi connectivity index (χ2v) is 2.27. The van der Waals surface area contributed by atoms with Crippen molar-refractivity contribution >= 4 is 6.41 Å². The average molecular weight is 143 g/mol. The van der Waals surface area contributed by atoms with Crippen LogP contribution in [-0.4, -0.2) is 12.5 Å². The molecule has 0 unspecified atom stereocenters. The van der Waals surface area contributed by atoms with E-state index in [0.717, 1.165) is 6.41 Å². The second kappa shape index (κ2) is 6.59. The molecular weight excluding hydrogens is 126 g/mol. The highest BCUT2D eigenvalue weighted by Gasteiger charge is 2.12. The summed E-state index contributed by atoms with van der Waals surface area (Å²) in [6.45, 7) is 4.00. The fraction of sp³-hybridized carbons (Fsp3) is 0.875. The fourth-order valence-electron chi connectivity index (χ4n) is 1.19. The molecule has 0 heterocycles. The lowest BCUT2D eigenvalue weighted by atomic mass is 10.3. The molecule has 1 rings (SSSR count). The summed E-state index contributed by atoms with van der Waals surface area (Å²) >= 11 is 0. The maximum atomic E-state index is 9.85. The van der Waals surface area contributed by atoms with Crippen LogP contribution >= 0.6 is 0 Å². The molecule has 2 heteroatoms. The smallest absolute Gasteiger partial charge is 0.207 e. The van der Waals surface area contributed by atoms with E-state index in [-0.39, 0.29) is 0 Å². The SMILES string of the molecule is CC.O=CNC1CCCC1. The van der Waals surface area contributed by atoms with Gasteiger partial charge in [0.05, 0.1) is 0 Å². The zero-order valence-corrected chi connectivity index (χ0v) is 6.89. The first-order valence-electron chi connectivity index (χ1n) is 4.13. The molecule has 0 aliphatic heterocycles. The molecule has 2 nitrogen and oxygen atoms in total. The van der Waals surface area contributed by atoms with Gasteiger partial charge < -0.3 is 5.32 Å². The van der Waals surface area contributed by atoms with E-state index in [9.17, 15) is 4.79 Å². The zero-order chi connectivity index (χ0) is 7.82. The summed E-state index contributed by atoms with van der Waals surface area (Å²) in [5, 5.41) is 2.76. The number of hydrogen-bond donors (Lipinski definition) is 1. The van der Waals surface area contributed by atoms with E-state index < -0.39 is 0 Å². The molecule has 0 atom stereocenters. The Balaban J connectivity index is 0.000000371. The Labute approximate surface area is 63.0 Å². The first-order valence-corrected chi connectivity index (χ1v) is 4.13. The van der Waals surface area contributed by atoms with Gasteiger partial charge in [-0.1, -0.05) is 26.7 Å². The van der Waals surface area contributed by atoms with Crippen LogP contribution in [0.3, 0.4) is 0 Å². The average Bonchev–Trinajstić information content (AvgIpc) is 2.46. The highest BCUT2D eigenvalue weighted by atomic mass is 16.1. The Morgan fingerprint density at radius 3 is 2.20 bits per heavy atom. The number of carbonyl (C=O) groups is 1. The molecule has 0 saturated heterocycles. The van der Waals surface area contributed by atoms with Crippen LogP contribution in [-0.2, 0) is 4.79 Å². The normalized spacial score (nSPS) is 17.4. The Morgan fingerprint density at radius 1 is 1.30 bits per heavy atom. The first-order chi connectivity index (χ1) is 4.93. The van der Waals surface area contributed by atoms with Gasteiger partial charge >= 0.3 is 0 Å². The van der Waals surface area contributed by atoms with Gasteiger partial charge in [-0.2, -0.15) is 0 Å². The van der Waals surface area contributed by atoms with Crippen molar-refractivity contribution in [2.45, 2.75) is 45.6 Å². The number of rotatable bonds is 2. The van der Waals surface area contributed by atoms with Crippen molar-refractivity contribution in [1.82, 2.24) is 5.32 Å². The summed E-state index contributed by atoms with van der Waals surface area (Å²) in [5.41, 5.74) is 0. The molecule has 0 bridgehead atoms. The van der Waals surface area contributed by atoms with Gasteiger partial charge in [-0.25, -0.2) is 0 Å². The van der Waals surface area contributed by atoms with E-state index in [4.69, 9.17) is 0 Å². The molecule has 1 amide bonds. The molecule has 0 aromatic carbocycles. The standard InChI is InChI=1S/C6H11NO.C2H6/c8-5-7-6-3-1-2-4-6;1-2/h5-6H,1-4H2,(H,7,8);1-2H3. The summed E-state index contributed by atoms with van der Waals surface area (Å²) in [4.78, 5) is 9.85. The van der Waals surface area contributed by atoms with Crippen molar-refractivity contribution in [2.24, 2.45) is 0 Å². The maximum absolute atomic E-state index is 9.85. The van der Waals surface area contributed by atoms with E-state index in [2.05, 4.69) is 5.32 Å². The lowest BCUT2D eigenvalue weighted by Crippen LogP contribution is -2.23. The van der Waals surface area contributed by atoms with Crippen LogP contribution < -0.4 is 5.32 Å². The van der Waals surface area contributed by atoms with Crippen LogP contribution in [0.15, 0.2) is 0 Å². The van der Waals surface area contributed by atoms with Crippen molar-refractivity contribution in [3.8, 4) is 0 Å². The molecule has 1 fully saturated rings. The molecule has 0 spiro atoms. The van der Waals surface area contributed by atoms with Crippen molar-refractivity contribution in [3.05, 3.63) is 0 Å². The summed E-state index contributed by atoms with van der Waals surface area (Å²) in [6, 6.07) is 0.493. The van der Waals surface area contributed by atoms with Crippen LogP contribution in [0.1, 0.15) is 39.5 Å². The van der Waals surface area contributed by atoms with Crippen LogP contribution in [0.4, 0.5) is 0 Å². The topological polar surface area (TPSA) is 29.1 Å². The van der Waals surface area contributed by atoms with E-state index in [0.29, 0.717) is 6.04 Å². The lowest BCUT2D eigenvalue weighted by Gasteiger charge is -2.03. The van der Waals surface area contributed by atoms with Crippen LogP contribution in [0.5, 0.6) is 0 Å². The summed E-state index contributed by atoms with van der Waals surface area (Å²) in [5.74, 6) is 0. The number of nitrogens with one attached hydrogen (secondary N) is 1. The summed E-state index contributed by atoms with van der Waals surface area (Å²) < 4.78 is 0. The summed E-state index contributed by atoms with van der Waals surface area (Å²) in [7, 11) is 0. The summed E-state index contributed by atoms with van der Waals surface area (Å²) in [6.07, 6.45) is 5.73. The molecule has 1 N–H and O–H groups in total. The molecule has 0 aromatic heterocycles. The van der Waals surface area contributed by atoms with Gasteiger partial charge in [0.15, 0.2) is 0 Å². The van der Waals surface area contributed by atoms with E-state index in [1.54, 1.807) is 0 Å². The van der Waals surface area contributed by atoms with Crippen LogP contribution in [0.25, 0.3) is 0 Å². The predicted octanol–water partition coefficient (Wildman–Crippen LogP) is 1.70. The number of hydrogen-bond acceptors (Lipinski definition) is 1. The Kier molecular flexibility index (Phi) is 6.24. The van der Waals surface area contributed by atoms with Crippen molar-refractivity contribution in [1.29, 1.82) is 0 Å². The van der Waals surface area contributed by atoms with Gasteiger partial charge in [-0.3, -0.25) is 4.79 Å². The molecule has 1 aliphatic rings. The van der Waals surface area contributed by atoms with E-state index >= 15 is 0 Å². The van der Waals surface area contributed by atoms with Gasteiger partial charge in [-0.15, -0.1) is 0 Å². The monoisotopic (exact) mass is 143 g/mol. The molecule has 60 valence electrons. The Bertz CT molecular complexity index is 77.3. The maximum Gasteiger partial charge on any atom is 0.207 e. The minimum atomic E-state index is 0.493.